The van der Waals surface area contributed by atoms with Gasteiger partial charge in [0.15, 0.2) is 0 Å². The lowest BCUT2D eigenvalue weighted by Crippen LogP contribution is -2.30. The molecule has 0 unspecified atom stereocenters. The number of carbonyl (C=O) groups is 1. The quantitative estimate of drug-likeness (QED) is 0.801. The minimum Gasteiger partial charge on any atom is -0.338 e. The Morgan fingerprint density at radius 2 is 2.05 bits per heavy atom. The molecule has 1 aliphatic rings. The van der Waals surface area contributed by atoms with Gasteiger partial charge in [0, 0.05) is 29.3 Å². The lowest BCUT2D eigenvalue weighted by molar-refractivity contribution is 0.0778. The van der Waals surface area contributed by atoms with E-state index in [1.807, 2.05) is 6.92 Å². The van der Waals surface area contributed by atoms with Gasteiger partial charge in [0.1, 0.15) is 0 Å². The van der Waals surface area contributed by atoms with Crippen LogP contribution in [0.15, 0.2) is 23.1 Å². The highest BCUT2D eigenvalue weighted by Crippen LogP contribution is 2.30. The summed E-state index contributed by atoms with van der Waals surface area (Å²) in [6.07, 6.45) is 1.50. The Bertz CT molecular complexity index is 667. The van der Waals surface area contributed by atoms with Crippen LogP contribution < -0.4 is 0 Å². The Morgan fingerprint density at radius 1 is 1.38 bits per heavy atom. The van der Waals surface area contributed by atoms with E-state index in [1.54, 1.807) is 17.0 Å². The fourth-order valence-corrected chi connectivity index (χ4v) is 3.90. The molecule has 0 spiro atoms. The van der Waals surface area contributed by atoms with Crippen molar-refractivity contribution < 1.29 is 13.2 Å². The van der Waals surface area contributed by atoms with Gasteiger partial charge in [-0.1, -0.05) is 26.8 Å². The van der Waals surface area contributed by atoms with Crippen LogP contribution >= 0.6 is 10.7 Å². The summed E-state index contributed by atoms with van der Waals surface area (Å²) in [6.45, 7) is 7.48. The van der Waals surface area contributed by atoms with Crippen LogP contribution in [0.25, 0.3) is 0 Å². The minimum atomic E-state index is -3.85. The number of halogens is 1. The Labute approximate surface area is 130 Å². The van der Waals surface area contributed by atoms with E-state index in [2.05, 4.69) is 13.8 Å². The molecule has 6 heteroatoms. The zero-order valence-corrected chi connectivity index (χ0v) is 14.1. The molecule has 0 saturated carbocycles. The number of hydrogen-bond acceptors (Lipinski definition) is 3. The van der Waals surface area contributed by atoms with E-state index in [1.165, 1.54) is 6.07 Å². The van der Waals surface area contributed by atoms with Gasteiger partial charge in [-0.25, -0.2) is 8.42 Å². The smallest absolute Gasteiger partial charge is 0.261 e. The first kappa shape index (κ1) is 16.3. The third kappa shape index (κ3) is 3.58. The summed E-state index contributed by atoms with van der Waals surface area (Å²) in [5.74, 6) is -0.134. The van der Waals surface area contributed by atoms with E-state index in [4.69, 9.17) is 10.7 Å². The van der Waals surface area contributed by atoms with Gasteiger partial charge in [-0.15, -0.1) is 0 Å². The number of likely N-dealkylation sites (tertiary alicyclic amines) is 1. The SMILES string of the molecule is CCc1ccc(C(=O)N2CCC(C)(C)C2)cc1S(=O)(=O)Cl. The monoisotopic (exact) mass is 329 g/mol. The molecule has 1 amide bonds. The molecule has 1 aromatic carbocycles. The van der Waals surface area contributed by atoms with Crippen molar-refractivity contribution in [1.82, 2.24) is 4.90 Å². The molecule has 4 nitrogen and oxygen atoms in total. The van der Waals surface area contributed by atoms with Crippen molar-refractivity contribution >= 4 is 25.6 Å². The van der Waals surface area contributed by atoms with Crippen molar-refractivity contribution in [3.05, 3.63) is 29.3 Å². The van der Waals surface area contributed by atoms with Crippen molar-refractivity contribution in [2.75, 3.05) is 13.1 Å². The molecule has 0 radical (unpaired) electrons. The van der Waals surface area contributed by atoms with Gasteiger partial charge in [-0.3, -0.25) is 4.79 Å². The van der Waals surface area contributed by atoms with Gasteiger partial charge < -0.3 is 4.90 Å². The summed E-state index contributed by atoms with van der Waals surface area (Å²) < 4.78 is 23.3. The molecule has 0 bridgehead atoms. The first-order chi connectivity index (χ1) is 9.64. The van der Waals surface area contributed by atoms with Crippen molar-refractivity contribution in [2.45, 2.75) is 38.5 Å². The summed E-state index contributed by atoms with van der Waals surface area (Å²) >= 11 is 0. The minimum absolute atomic E-state index is 0.0379. The first-order valence-electron chi connectivity index (χ1n) is 7.01. The van der Waals surface area contributed by atoms with E-state index in [0.29, 0.717) is 30.6 Å². The van der Waals surface area contributed by atoms with Crippen LogP contribution in [0, 0.1) is 5.41 Å². The average Bonchev–Trinajstić information content (AvgIpc) is 2.76. The summed E-state index contributed by atoms with van der Waals surface area (Å²) in [4.78, 5) is 14.3. The van der Waals surface area contributed by atoms with E-state index in [-0.39, 0.29) is 16.2 Å². The molecule has 0 aliphatic carbocycles. The third-order valence-electron chi connectivity index (χ3n) is 3.92. The second-order valence-electron chi connectivity index (χ2n) is 6.25. The molecule has 1 saturated heterocycles. The fourth-order valence-electron chi connectivity index (χ4n) is 2.67. The van der Waals surface area contributed by atoms with Gasteiger partial charge in [-0.05, 0) is 36.0 Å². The lowest BCUT2D eigenvalue weighted by atomic mass is 9.93. The molecule has 0 atom stereocenters. The highest BCUT2D eigenvalue weighted by molar-refractivity contribution is 8.13. The van der Waals surface area contributed by atoms with E-state index < -0.39 is 9.05 Å². The standard InChI is InChI=1S/C15H20ClNO3S/c1-4-11-5-6-12(9-13(11)21(16,19)20)14(18)17-8-7-15(2,3)10-17/h5-6,9H,4,7-8,10H2,1-3H3. The highest BCUT2D eigenvalue weighted by Gasteiger charge is 2.32. The van der Waals surface area contributed by atoms with Crippen molar-refractivity contribution in [3.63, 3.8) is 0 Å². The fraction of sp³-hybridized carbons (Fsp3) is 0.533. The molecule has 0 N–H and O–H groups in total. The summed E-state index contributed by atoms with van der Waals surface area (Å²) in [5.41, 5.74) is 1.12. The van der Waals surface area contributed by atoms with Crippen molar-refractivity contribution in [3.8, 4) is 0 Å². The second kappa shape index (κ2) is 5.61. The van der Waals surface area contributed by atoms with Gasteiger partial charge >= 0.3 is 0 Å². The van der Waals surface area contributed by atoms with Crippen molar-refractivity contribution in [1.29, 1.82) is 0 Å². The second-order valence-corrected chi connectivity index (χ2v) is 8.79. The van der Waals surface area contributed by atoms with Crippen LogP contribution in [0.5, 0.6) is 0 Å². The third-order valence-corrected chi connectivity index (χ3v) is 5.33. The van der Waals surface area contributed by atoms with Crippen LogP contribution in [0.2, 0.25) is 0 Å². The van der Waals surface area contributed by atoms with Gasteiger partial charge in [-0.2, -0.15) is 0 Å². The van der Waals surface area contributed by atoms with Gasteiger partial charge in [0.2, 0.25) is 0 Å². The van der Waals surface area contributed by atoms with Crippen LogP contribution in [0.4, 0.5) is 0 Å². The number of nitrogens with zero attached hydrogens (tertiary/aromatic N) is 1. The molecule has 1 fully saturated rings. The molecular weight excluding hydrogens is 310 g/mol. The predicted octanol–water partition coefficient (Wildman–Crippen LogP) is 3.05. The first-order valence-corrected chi connectivity index (χ1v) is 9.32. The zero-order valence-electron chi connectivity index (χ0n) is 12.5. The zero-order chi connectivity index (χ0) is 15.8. The topological polar surface area (TPSA) is 54.5 Å². The maximum atomic E-state index is 12.5. The Morgan fingerprint density at radius 3 is 2.52 bits per heavy atom. The Hall–Kier alpha value is -1.07. The maximum absolute atomic E-state index is 12.5. The maximum Gasteiger partial charge on any atom is 0.261 e. The van der Waals surface area contributed by atoms with E-state index >= 15 is 0 Å². The van der Waals surface area contributed by atoms with Crippen LogP contribution in [0.3, 0.4) is 0 Å². The van der Waals surface area contributed by atoms with Crippen LogP contribution in [-0.4, -0.2) is 32.3 Å². The number of amides is 1. The number of benzene rings is 1. The number of carbonyl (C=O) groups excluding carboxylic acids is 1. The summed E-state index contributed by atoms with van der Waals surface area (Å²) in [6, 6.07) is 4.75. The van der Waals surface area contributed by atoms with Crippen LogP contribution in [-0.2, 0) is 15.5 Å². The largest absolute Gasteiger partial charge is 0.338 e. The summed E-state index contributed by atoms with van der Waals surface area (Å²) in [5, 5.41) is 0. The normalized spacial score (nSPS) is 18.0. The number of hydrogen-bond donors (Lipinski definition) is 0. The molecule has 1 aromatic rings. The van der Waals surface area contributed by atoms with Crippen LogP contribution in [0.1, 0.15) is 43.1 Å². The van der Waals surface area contributed by atoms with Gasteiger partial charge in [0.25, 0.3) is 15.0 Å². The summed E-state index contributed by atoms with van der Waals surface area (Å²) in [7, 11) is 1.62. The number of rotatable bonds is 3. The molecule has 2 rings (SSSR count). The molecule has 21 heavy (non-hydrogen) atoms. The van der Waals surface area contributed by atoms with Gasteiger partial charge in [0.05, 0.1) is 4.90 Å². The Kier molecular flexibility index (Phi) is 4.36. The highest BCUT2D eigenvalue weighted by atomic mass is 35.7. The van der Waals surface area contributed by atoms with E-state index in [9.17, 15) is 13.2 Å². The van der Waals surface area contributed by atoms with Crippen molar-refractivity contribution in [2.24, 2.45) is 5.41 Å². The predicted molar refractivity (Wildman–Crippen MR) is 83.2 cm³/mol. The molecule has 1 heterocycles. The average molecular weight is 330 g/mol. The molecule has 0 aromatic heterocycles. The van der Waals surface area contributed by atoms with E-state index in [0.717, 1.165) is 6.42 Å². The molecule has 116 valence electrons. The molecular formula is C15H20ClNO3S. The molecule has 1 aliphatic heterocycles. The lowest BCUT2D eigenvalue weighted by Gasteiger charge is -2.20. The Balaban J connectivity index is 2.35. The number of aryl methyl sites for hydroxylation is 1.